The summed E-state index contributed by atoms with van der Waals surface area (Å²) in [4.78, 5) is 28.2. The van der Waals surface area contributed by atoms with Crippen molar-refractivity contribution >= 4 is 17.2 Å². The number of thiophene rings is 1. The highest BCUT2D eigenvalue weighted by Crippen LogP contribution is 2.18. The molecule has 0 radical (unpaired) electrons. The summed E-state index contributed by atoms with van der Waals surface area (Å²) >= 11 is 1.62. The van der Waals surface area contributed by atoms with Crippen molar-refractivity contribution in [1.82, 2.24) is 9.88 Å². The number of H-pyrrole nitrogens is 1. The molecule has 2 aromatic heterocycles. The Bertz CT molecular complexity index is 654. The van der Waals surface area contributed by atoms with Crippen LogP contribution < -0.4 is 5.56 Å². The molecule has 1 fully saturated rings. The molecule has 2 aromatic rings. The second-order valence-electron chi connectivity index (χ2n) is 5.39. The summed E-state index contributed by atoms with van der Waals surface area (Å²) in [6.07, 6.45) is 3.61. The zero-order chi connectivity index (χ0) is 15.4. The third-order valence-corrected chi connectivity index (χ3v) is 4.45. The number of carbonyl (C=O) groups excluding carboxylic acids is 1. The number of amides is 1. The van der Waals surface area contributed by atoms with Gasteiger partial charge in [-0.05, 0) is 41.3 Å². The van der Waals surface area contributed by atoms with E-state index in [9.17, 15) is 9.59 Å². The average molecular weight is 318 g/mol. The molecule has 5 nitrogen and oxygen atoms in total. The summed E-state index contributed by atoms with van der Waals surface area (Å²) in [6, 6.07) is 4.96. The highest BCUT2D eigenvalue weighted by Gasteiger charge is 2.23. The van der Waals surface area contributed by atoms with Crippen molar-refractivity contribution in [2.75, 3.05) is 13.2 Å². The van der Waals surface area contributed by atoms with E-state index in [0.29, 0.717) is 18.7 Å². The molecule has 0 saturated carbocycles. The quantitative estimate of drug-likeness (QED) is 0.920. The fraction of sp³-hybridized carbons (Fsp3) is 0.375. The van der Waals surface area contributed by atoms with E-state index in [0.717, 1.165) is 25.0 Å². The molecule has 0 aliphatic carbocycles. The van der Waals surface area contributed by atoms with Crippen LogP contribution in [0, 0.1) is 0 Å². The molecule has 3 rings (SSSR count). The van der Waals surface area contributed by atoms with Gasteiger partial charge in [0.15, 0.2) is 0 Å². The van der Waals surface area contributed by atoms with Gasteiger partial charge in [0.2, 0.25) is 5.56 Å². The Morgan fingerprint density at radius 3 is 2.95 bits per heavy atom. The van der Waals surface area contributed by atoms with Crippen molar-refractivity contribution in [3.05, 3.63) is 56.6 Å². The predicted octanol–water partition coefficient (Wildman–Crippen LogP) is 2.26. The van der Waals surface area contributed by atoms with Gasteiger partial charge in [-0.25, -0.2) is 0 Å². The predicted molar refractivity (Wildman–Crippen MR) is 85.1 cm³/mol. The van der Waals surface area contributed by atoms with E-state index in [2.05, 4.69) is 4.98 Å². The van der Waals surface area contributed by atoms with E-state index < -0.39 is 0 Å². The van der Waals surface area contributed by atoms with Gasteiger partial charge in [-0.15, -0.1) is 0 Å². The van der Waals surface area contributed by atoms with Gasteiger partial charge in [-0.1, -0.05) is 0 Å². The minimum absolute atomic E-state index is 0.0852. The Hall–Kier alpha value is -1.92. The Morgan fingerprint density at radius 2 is 2.32 bits per heavy atom. The summed E-state index contributed by atoms with van der Waals surface area (Å²) in [7, 11) is 0. The van der Waals surface area contributed by atoms with Crippen molar-refractivity contribution in [3.8, 4) is 0 Å². The molecular formula is C16H18N2O3S. The molecule has 6 heteroatoms. The van der Waals surface area contributed by atoms with Gasteiger partial charge in [0, 0.05) is 32.0 Å². The fourth-order valence-corrected chi connectivity index (χ4v) is 3.24. The second-order valence-corrected chi connectivity index (χ2v) is 6.17. The Morgan fingerprint density at radius 1 is 1.41 bits per heavy atom. The maximum absolute atomic E-state index is 12.7. The van der Waals surface area contributed by atoms with Crippen LogP contribution in [-0.4, -0.2) is 35.0 Å². The smallest absolute Gasteiger partial charge is 0.255 e. The molecule has 1 saturated heterocycles. The van der Waals surface area contributed by atoms with Crippen LogP contribution in [0.2, 0.25) is 0 Å². The first-order valence-electron chi connectivity index (χ1n) is 7.33. The number of carbonyl (C=O) groups is 1. The zero-order valence-electron chi connectivity index (χ0n) is 12.2. The van der Waals surface area contributed by atoms with Crippen LogP contribution in [-0.2, 0) is 11.3 Å². The highest BCUT2D eigenvalue weighted by atomic mass is 32.1. The van der Waals surface area contributed by atoms with Crippen molar-refractivity contribution in [3.63, 3.8) is 0 Å². The average Bonchev–Trinajstić information content (AvgIpc) is 3.20. The molecule has 1 aliphatic heterocycles. The van der Waals surface area contributed by atoms with Gasteiger partial charge in [0.25, 0.3) is 5.91 Å². The van der Waals surface area contributed by atoms with Crippen LogP contribution in [0.1, 0.15) is 28.8 Å². The van der Waals surface area contributed by atoms with Crippen LogP contribution in [0.15, 0.2) is 40.0 Å². The van der Waals surface area contributed by atoms with Crippen LogP contribution in [0.25, 0.3) is 0 Å². The maximum atomic E-state index is 12.7. The molecule has 0 unspecified atom stereocenters. The summed E-state index contributed by atoms with van der Waals surface area (Å²) in [5, 5.41) is 4.05. The number of rotatable bonds is 5. The molecule has 1 N–H and O–H groups in total. The first-order chi connectivity index (χ1) is 10.7. The molecule has 1 aliphatic rings. The Kier molecular flexibility index (Phi) is 4.70. The van der Waals surface area contributed by atoms with Gasteiger partial charge < -0.3 is 14.6 Å². The number of pyridine rings is 1. The summed E-state index contributed by atoms with van der Waals surface area (Å²) in [5.74, 6) is -0.0852. The maximum Gasteiger partial charge on any atom is 0.255 e. The van der Waals surface area contributed by atoms with E-state index >= 15 is 0 Å². The van der Waals surface area contributed by atoms with E-state index in [4.69, 9.17) is 4.74 Å². The van der Waals surface area contributed by atoms with Crippen molar-refractivity contribution in [2.45, 2.75) is 25.5 Å². The Labute approximate surface area is 132 Å². The number of nitrogens with one attached hydrogen (secondary N) is 1. The molecule has 0 aromatic carbocycles. The van der Waals surface area contributed by atoms with Crippen molar-refractivity contribution in [1.29, 1.82) is 0 Å². The zero-order valence-corrected chi connectivity index (χ0v) is 13.0. The number of ether oxygens (including phenoxy) is 1. The highest BCUT2D eigenvalue weighted by molar-refractivity contribution is 7.07. The molecule has 22 heavy (non-hydrogen) atoms. The minimum Gasteiger partial charge on any atom is -0.376 e. The number of hydrogen-bond donors (Lipinski definition) is 1. The van der Waals surface area contributed by atoms with E-state index in [1.807, 2.05) is 16.8 Å². The number of aromatic amines is 1. The normalized spacial score (nSPS) is 17.5. The molecule has 0 bridgehead atoms. The van der Waals surface area contributed by atoms with E-state index in [-0.39, 0.29) is 17.6 Å². The largest absolute Gasteiger partial charge is 0.376 e. The molecule has 1 atom stereocenters. The van der Waals surface area contributed by atoms with Crippen LogP contribution >= 0.6 is 11.3 Å². The topological polar surface area (TPSA) is 62.4 Å². The second kappa shape index (κ2) is 6.89. The van der Waals surface area contributed by atoms with Crippen LogP contribution in [0.5, 0.6) is 0 Å². The van der Waals surface area contributed by atoms with Crippen LogP contribution in [0.3, 0.4) is 0 Å². The fourth-order valence-electron chi connectivity index (χ4n) is 2.58. The lowest BCUT2D eigenvalue weighted by Gasteiger charge is -2.25. The minimum atomic E-state index is -0.208. The SMILES string of the molecule is O=C(c1ccc(=O)[nH]c1)N(Cc1ccsc1)C[C@@H]1CCCO1. The van der Waals surface area contributed by atoms with Crippen LogP contribution in [0.4, 0.5) is 0 Å². The first-order valence-corrected chi connectivity index (χ1v) is 8.27. The summed E-state index contributed by atoms with van der Waals surface area (Å²) < 4.78 is 5.66. The summed E-state index contributed by atoms with van der Waals surface area (Å²) in [5.41, 5.74) is 1.40. The summed E-state index contributed by atoms with van der Waals surface area (Å²) in [6.45, 7) is 1.90. The monoisotopic (exact) mass is 318 g/mol. The van der Waals surface area contributed by atoms with Gasteiger partial charge in [-0.2, -0.15) is 11.3 Å². The lowest BCUT2D eigenvalue weighted by molar-refractivity contribution is 0.0507. The molecule has 116 valence electrons. The Balaban J connectivity index is 1.77. The molecular weight excluding hydrogens is 300 g/mol. The standard InChI is InChI=1S/C16H18N2O3S/c19-15-4-3-13(8-17-15)16(20)18(9-12-5-7-22-11-12)10-14-2-1-6-21-14/h3-5,7-8,11,14H,1-2,6,9-10H2,(H,17,19)/t14-/m0/s1. The van der Waals surface area contributed by atoms with Crippen molar-refractivity contribution < 1.29 is 9.53 Å². The lowest BCUT2D eigenvalue weighted by Crippen LogP contribution is -2.37. The molecule has 1 amide bonds. The lowest BCUT2D eigenvalue weighted by atomic mass is 10.2. The first kappa shape index (κ1) is 15.0. The number of hydrogen-bond acceptors (Lipinski definition) is 4. The number of aromatic nitrogens is 1. The molecule has 3 heterocycles. The molecule has 0 spiro atoms. The van der Waals surface area contributed by atoms with Gasteiger partial charge in [0.1, 0.15) is 0 Å². The van der Waals surface area contributed by atoms with Gasteiger partial charge in [0.05, 0.1) is 11.7 Å². The van der Waals surface area contributed by atoms with Crippen molar-refractivity contribution in [2.24, 2.45) is 0 Å². The third kappa shape index (κ3) is 3.64. The van der Waals surface area contributed by atoms with E-state index in [1.54, 1.807) is 22.3 Å². The van der Waals surface area contributed by atoms with Gasteiger partial charge in [-0.3, -0.25) is 9.59 Å². The van der Waals surface area contributed by atoms with Gasteiger partial charge >= 0.3 is 0 Å². The third-order valence-electron chi connectivity index (χ3n) is 3.72. The van der Waals surface area contributed by atoms with E-state index in [1.165, 1.54) is 12.3 Å². The number of nitrogens with zero attached hydrogens (tertiary/aromatic N) is 1.